The van der Waals surface area contributed by atoms with Crippen molar-refractivity contribution in [3.63, 3.8) is 0 Å². The number of hydrogen-bond acceptors (Lipinski definition) is 5. The molecule has 2 N–H and O–H groups in total. The molecule has 3 rings (SSSR count). The lowest BCUT2D eigenvalue weighted by Gasteiger charge is -2.37. The van der Waals surface area contributed by atoms with Gasteiger partial charge in [0.25, 0.3) is 11.8 Å². The molecule has 0 aliphatic carbocycles. The standard InChI is InChI=1S/C20H30N6O3/c1-2-22-20(24-9-8-23-18(27)16-5-3-7-21-15-16)26-12-10-25(11-13-26)19(28)17-6-4-14-29-17/h3,5,7,15,17H,2,4,6,8-14H2,1H3,(H,22,24)(H,23,27). The summed E-state index contributed by atoms with van der Waals surface area (Å²) >= 11 is 0. The molecule has 1 unspecified atom stereocenters. The van der Waals surface area contributed by atoms with E-state index in [2.05, 4.69) is 25.5 Å². The molecule has 29 heavy (non-hydrogen) atoms. The molecule has 0 aromatic carbocycles. The van der Waals surface area contributed by atoms with Crippen LogP contribution in [-0.4, -0.2) is 91.1 Å². The molecule has 0 bridgehead atoms. The lowest BCUT2D eigenvalue weighted by Crippen LogP contribution is -2.55. The summed E-state index contributed by atoms with van der Waals surface area (Å²) in [5, 5.41) is 6.15. The van der Waals surface area contributed by atoms with Crippen molar-refractivity contribution in [3.8, 4) is 0 Å². The van der Waals surface area contributed by atoms with Gasteiger partial charge < -0.3 is 25.2 Å². The van der Waals surface area contributed by atoms with Crippen molar-refractivity contribution in [2.45, 2.75) is 25.9 Å². The molecule has 0 saturated carbocycles. The van der Waals surface area contributed by atoms with E-state index < -0.39 is 0 Å². The van der Waals surface area contributed by atoms with Crippen molar-refractivity contribution in [2.75, 3.05) is 52.4 Å². The number of piperazine rings is 1. The Morgan fingerprint density at radius 3 is 2.69 bits per heavy atom. The van der Waals surface area contributed by atoms with Gasteiger partial charge in [0.2, 0.25) is 0 Å². The van der Waals surface area contributed by atoms with Crippen LogP contribution >= 0.6 is 0 Å². The third-order valence-corrected chi connectivity index (χ3v) is 5.01. The molecule has 3 heterocycles. The predicted octanol–water partition coefficient (Wildman–Crippen LogP) is 0.100. The maximum absolute atomic E-state index is 12.5. The summed E-state index contributed by atoms with van der Waals surface area (Å²) in [4.78, 5) is 37.2. The van der Waals surface area contributed by atoms with E-state index in [1.807, 2.05) is 11.8 Å². The number of hydrogen-bond donors (Lipinski definition) is 2. The fourth-order valence-corrected chi connectivity index (χ4v) is 3.47. The highest BCUT2D eigenvalue weighted by Crippen LogP contribution is 2.16. The monoisotopic (exact) mass is 402 g/mol. The van der Waals surface area contributed by atoms with Crippen LogP contribution in [0.3, 0.4) is 0 Å². The van der Waals surface area contributed by atoms with Gasteiger partial charge in [-0.05, 0) is 31.9 Å². The minimum Gasteiger partial charge on any atom is -0.368 e. The van der Waals surface area contributed by atoms with Crippen LogP contribution in [0.15, 0.2) is 29.5 Å². The second-order valence-electron chi connectivity index (χ2n) is 7.05. The van der Waals surface area contributed by atoms with Crippen molar-refractivity contribution in [1.82, 2.24) is 25.4 Å². The number of carbonyl (C=O) groups excluding carboxylic acids is 2. The van der Waals surface area contributed by atoms with Gasteiger partial charge in [0, 0.05) is 58.3 Å². The number of rotatable bonds is 6. The highest BCUT2D eigenvalue weighted by atomic mass is 16.5. The summed E-state index contributed by atoms with van der Waals surface area (Å²) in [6.07, 6.45) is 4.71. The molecule has 0 spiro atoms. The maximum atomic E-state index is 12.5. The Morgan fingerprint density at radius 2 is 2.03 bits per heavy atom. The van der Waals surface area contributed by atoms with Gasteiger partial charge in [-0.15, -0.1) is 0 Å². The van der Waals surface area contributed by atoms with Crippen molar-refractivity contribution >= 4 is 17.8 Å². The van der Waals surface area contributed by atoms with Gasteiger partial charge in [0.05, 0.1) is 12.1 Å². The van der Waals surface area contributed by atoms with E-state index in [-0.39, 0.29) is 17.9 Å². The molecule has 1 atom stereocenters. The van der Waals surface area contributed by atoms with Gasteiger partial charge >= 0.3 is 0 Å². The van der Waals surface area contributed by atoms with Gasteiger partial charge in [-0.3, -0.25) is 19.6 Å². The first-order valence-electron chi connectivity index (χ1n) is 10.3. The van der Waals surface area contributed by atoms with Crippen LogP contribution in [-0.2, 0) is 9.53 Å². The predicted molar refractivity (Wildman–Crippen MR) is 110 cm³/mol. The SMILES string of the molecule is CCNC(=NCCNC(=O)c1cccnc1)N1CCN(C(=O)C2CCCO2)CC1. The number of guanidine groups is 1. The normalized spacial score (nSPS) is 19.9. The largest absolute Gasteiger partial charge is 0.368 e. The summed E-state index contributed by atoms with van der Waals surface area (Å²) in [7, 11) is 0. The molecule has 2 saturated heterocycles. The number of carbonyl (C=O) groups is 2. The number of nitrogens with zero attached hydrogens (tertiary/aromatic N) is 4. The quantitative estimate of drug-likeness (QED) is 0.398. The Hall–Kier alpha value is -2.68. The molecular formula is C20H30N6O3. The maximum Gasteiger partial charge on any atom is 0.252 e. The van der Waals surface area contributed by atoms with Gasteiger partial charge in [0.15, 0.2) is 5.96 Å². The Morgan fingerprint density at radius 1 is 1.24 bits per heavy atom. The van der Waals surface area contributed by atoms with Gasteiger partial charge in [-0.25, -0.2) is 0 Å². The average molecular weight is 402 g/mol. The second kappa shape index (κ2) is 10.8. The van der Waals surface area contributed by atoms with E-state index in [4.69, 9.17) is 4.74 Å². The lowest BCUT2D eigenvalue weighted by molar-refractivity contribution is -0.142. The van der Waals surface area contributed by atoms with Crippen LogP contribution in [0.2, 0.25) is 0 Å². The smallest absolute Gasteiger partial charge is 0.252 e. The molecule has 2 fully saturated rings. The summed E-state index contributed by atoms with van der Waals surface area (Å²) in [5.41, 5.74) is 0.537. The molecule has 2 aliphatic rings. The molecule has 9 heteroatoms. The van der Waals surface area contributed by atoms with E-state index in [1.54, 1.807) is 24.5 Å². The van der Waals surface area contributed by atoms with E-state index >= 15 is 0 Å². The van der Waals surface area contributed by atoms with E-state index in [0.717, 1.165) is 38.4 Å². The van der Waals surface area contributed by atoms with Crippen molar-refractivity contribution in [2.24, 2.45) is 4.99 Å². The number of aliphatic imine (C=N–C) groups is 1. The minimum absolute atomic E-state index is 0.113. The number of pyridine rings is 1. The summed E-state index contributed by atoms with van der Waals surface area (Å²) in [6, 6.07) is 3.46. The first-order chi connectivity index (χ1) is 14.2. The van der Waals surface area contributed by atoms with Crippen LogP contribution in [0.1, 0.15) is 30.1 Å². The van der Waals surface area contributed by atoms with Crippen LogP contribution in [0.4, 0.5) is 0 Å². The second-order valence-corrected chi connectivity index (χ2v) is 7.05. The Labute approximate surface area is 171 Å². The fraction of sp³-hybridized carbons (Fsp3) is 0.600. The van der Waals surface area contributed by atoms with Crippen LogP contribution in [0.25, 0.3) is 0 Å². The zero-order valence-corrected chi connectivity index (χ0v) is 17.0. The highest BCUT2D eigenvalue weighted by molar-refractivity contribution is 5.93. The molecule has 1 aromatic heterocycles. The third kappa shape index (κ3) is 5.90. The molecule has 2 amide bonds. The van der Waals surface area contributed by atoms with Crippen LogP contribution < -0.4 is 10.6 Å². The minimum atomic E-state index is -0.258. The number of ether oxygens (including phenoxy) is 1. The molecule has 2 aliphatic heterocycles. The molecule has 0 radical (unpaired) electrons. The van der Waals surface area contributed by atoms with Gasteiger partial charge in [-0.1, -0.05) is 0 Å². The molecule has 1 aromatic rings. The lowest BCUT2D eigenvalue weighted by atomic mass is 10.2. The molecule has 9 nitrogen and oxygen atoms in total. The Kier molecular flexibility index (Phi) is 7.80. The number of nitrogens with one attached hydrogen (secondary N) is 2. The summed E-state index contributed by atoms with van der Waals surface area (Å²) in [6.45, 7) is 7.18. The third-order valence-electron chi connectivity index (χ3n) is 5.01. The first kappa shape index (κ1) is 21.0. The Balaban J connectivity index is 1.45. The topological polar surface area (TPSA) is 99.2 Å². The summed E-state index contributed by atoms with van der Waals surface area (Å²) in [5.74, 6) is 0.772. The molecular weight excluding hydrogens is 372 g/mol. The van der Waals surface area contributed by atoms with Crippen LogP contribution in [0.5, 0.6) is 0 Å². The first-order valence-corrected chi connectivity index (χ1v) is 10.3. The van der Waals surface area contributed by atoms with E-state index in [1.165, 1.54) is 0 Å². The highest BCUT2D eigenvalue weighted by Gasteiger charge is 2.30. The summed E-state index contributed by atoms with van der Waals surface area (Å²) < 4.78 is 5.52. The fourth-order valence-electron chi connectivity index (χ4n) is 3.47. The average Bonchev–Trinajstić information content (AvgIpc) is 3.31. The Bertz CT molecular complexity index is 697. The van der Waals surface area contributed by atoms with Gasteiger partial charge in [0.1, 0.15) is 6.10 Å². The van der Waals surface area contributed by atoms with Gasteiger partial charge in [-0.2, -0.15) is 0 Å². The van der Waals surface area contributed by atoms with Crippen molar-refractivity contribution < 1.29 is 14.3 Å². The van der Waals surface area contributed by atoms with E-state index in [9.17, 15) is 9.59 Å². The van der Waals surface area contributed by atoms with Crippen LogP contribution in [0, 0.1) is 0 Å². The number of aromatic nitrogens is 1. The zero-order valence-electron chi connectivity index (χ0n) is 17.0. The number of amides is 2. The molecule has 158 valence electrons. The van der Waals surface area contributed by atoms with E-state index in [0.29, 0.717) is 38.3 Å². The zero-order chi connectivity index (χ0) is 20.5. The van der Waals surface area contributed by atoms with Crippen molar-refractivity contribution in [1.29, 1.82) is 0 Å². The van der Waals surface area contributed by atoms with Crippen molar-refractivity contribution in [3.05, 3.63) is 30.1 Å².